The van der Waals surface area contributed by atoms with E-state index in [1.54, 1.807) is 21.6 Å². The Morgan fingerprint density at radius 3 is 2.89 bits per heavy atom. The molecule has 2 aromatic heterocycles. The highest BCUT2D eigenvalue weighted by atomic mass is 32.1. The van der Waals surface area contributed by atoms with Gasteiger partial charge in [0.05, 0.1) is 11.6 Å². The second kappa shape index (κ2) is 5.10. The number of hydrogen-bond acceptors (Lipinski definition) is 6. The van der Waals surface area contributed by atoms with Crippen molar-refractivity contribution in [2.24, 2.45) is 0 Å². The first kappa shape index (κ1) is 12.3. The molecule has 7 heteroatoms. The molecule has 2 aromatic rings. The first-order valence-electron chi connectivity index (χ1n) is 6.24. The van der Waals surface area contributed by atoms with Crippen LogP contribution in [-0.2, 0) is 0 Å². The first-order chi connectivity index (χ1) is 9.25. The monoisotopic (exact) mass is 277 g/mol. The molecule has 1 saturated heterocycles. The first-order valence-corrected chi connectivity index (χ1v) is 7.18. The average Bonchev–Trinajstić information content (AvgIpc) is 3.08. The maximum Gasteiger partial charge on any atom is 0.232 e. The Morgan fingerprint density at radius 1 is 1.42 bits per heavy atom. The summed E-state index contributed by atoms with van der Waals surface area (Å²) in [6, 6.07) is 1.92. The number of rotatable bonds is 3. The Kier molecular flexibility index (Phi) is 3.31. The van der Waals surface area contributed by atoms with Gasteiger partial charge in [0.2, 0.25) is 5.78 Å². The van der Waals surface area contributed by atoms with Crippen LogP contribution in [0.2, 0.25) is 0 Å². The summed E-state index contributed by atoms with van der Waals surface area (Å²) in [6.45, 7) is 1.92. The van der Waals surface area contributed by atoms with Crippen LogP contribution < -0.4 is 11.1 Å². The molecule has 0 radical (unpaired) electrons. The Balaban J connectivity index is 1.86. The van der Waals surface area contributed by atoms with E-state index in [0.29, 0.717) is 17.2 Å². The molecule has 0 unspecified atom stereocenters. The minimum Gasteiger partial charge on any atom is -0.384 e. The predicted octanol–water partition coefficient (Wildman–Crippen LogP) is 1.08. The van der Waals surface area contributed by atoms with E-state index in [-0.39, 0.29) is 11.8 Å². The molecule has 6 nitrogen and oxygen atoms in total. The summed E-state index contributed by atoms with van der Waals surface area (Å²) >= 11 is 1.40. The molecular weight excluding hydrogens is 262 g/mol. The summed E-state index contributed by atoms with van der Waals surface area (Å²) < 4.78 is 1.78. The second-order valence-electron chi connectivity index (χ2n) is 4.58. The minimum atomic E-state index is -0.166. The maximum absolute atomic E-state index is 12.2. The largest absolute Gasteiger partial charge is 0.384 e. The molecule has 1 aliphatic rings. The Hall–Kier alpha value is -1.73. The molecular formula is C12H15N5OS. The predicted molar refractivity (Wildman–Crippen MR) is 73.3 cm³/mol. The molecule has 0 aromatic carbocycles. The molecule has 100 valence electrons. The van der Waals surface area contributed by atoms with Crippen molar-refractivity contribution in [2.75, 3.05) is 18.8 Å². The molecule has 0 aliphatic carbocycles. The topological polar surface area (TPSA) is 85.8 Å². The van der Waals surface area contributed by atoms with Crippen molar-refractivity contribution >= 4 is 22.9 Å². The van der Waals surface area contributed by atoms with Crippen molar-refractivity contribution in [3.8, 4) is 0 Å². The summed E-state index contributed by atoms with van der Waals surface area (Å²) in [5, 5.41) is 9.39. The zero-order chi connectivity index (χ0) is 13.2. The van der Waals surface area contributed by atoms with Crippen molar-refractivity contribution in [2.45, 2.75) is 18.9 Å². The molecule has 0 saturated carbocycles. The average molecular weight is 277 g/mol. The van der Waals surface area contributed by atoms with Crippen LogP contribution in [0.3, 0.4) is 0 Å². The highest BCUT2D eigenvalue weighted by Crippen LogP contribution is 2.22. The number of piperidine rings is 1. The highest BCUT2D eigenvalue weighted by Gasteiger charge is 2.22. The van der Waals surface area contributed by atoms with E-state index >= 15 is 0 Å². The molecule has 0 atom stereocenters. The van der Waals surface area contributed by atoms with Gasteiger partial charge in [0.25, 0.3) is 0 Å². The molecule has 3 heterocycles. The third kappa shape index (κ3) is 2.39. The van der Waals surface area contributed by atoms with Gasteiger partial charge in [-0.3, -0.25) is 4.79 Å². The van der Waals surface area contributed by atoms with Crippen LogP contribution in [0.4, 0.5) is 5.82 Å². The molecule has 19 heavy (non-hydrogen) atoms. The third-order valence-electron chi connectivity index (χ3n) is 3.32. The highest BCUT2D eigenvalue weighted by molar-refractivity contribution is 7.07. The van der Waals surface area contributed by atoms with Gasteiger partial charge in [-0.05, 0) is 25.9 Å². The number of hydrogen-bond donors (Lipinski definition) is 2. The fraction of sp³-hybridized carbons (Fsp3) is 0.417. The van der Waals surface area contributed by atoms with Crippen molar-refractivity contribution in [1.29, 1.82) is 0 Å². The number of carbonyl (C=O) groups is 1. The van der Waals surface area contributed by atoms with Crippen molar-refractivity contribution in [3.05, 3.63) is 28.3 Å². The van der Waals surface area contributed by atoms with E-state index in [2.05, 4.69) is 15.4 Å². The number of ketones is 1. The van der Waals surface area contributed by atoms with Crippen LogP contribution in [0.1, 0.15) is 35.1 Å². The minimum absolute atomic E-state index is 0.166. The number of carbonyl (C=O) groups excluding carboxylic acids is 1. The van der Waals surface area contributed by atoms with Crippen LogP contribution in [-0.4, -0.2) is 33.6 Å². The van der Waals surface area contributed by atoms with Gasteiger partial charge < -0.3 is 11.1 Å². The zero-order valence-corrected chi connectivity index (χ0v) is 11.2. The Labute approximate surface area is 114 Å². The number of aromatic nitrogens is 3. The maximum atomic E-state index is 12.2. The van der Waals surface area contributed by atoms with Gasteiger partial charge in [-0.1, -0.05) is 0 Å². The number of nitrogens with one attached hydrogen (secondary N) is 1. The van der Waals surface area contributed by atoms with Crippen LogP contribution >= 0.6 is 11.3 Å². The summed E-state index contributed by atoms with van der Waals surface area (Å²) in [6.07, 6.45) is 1.96. The van der Waals surface area contributed by atoms with Gasteiger partial charge in [0, 0.05) is 11.4 Å². The SMILES string of the molecule is Nc1cc(C(=O)c2cscn2)nn1C1CCNCC1. The smallest absolute Gasteiger partial charge is 0.232 e. The Morgan fingerprint density at radius 2 is 2.21 bits per heavy atom. The molecule has 1 fully saturated rings. The molecule has 3 rings (SSSR count). The van der Waals surface area contributed by atoms with Crippen molar-refractivity contribution in [3.63, 3.8) is 0 Å². The second-order valence-corrected chi connectivity index (χ2v) is 5.30. The van der Waals surface area contributed by atoms with E-state index in [0.717, 1.165) is 25.9 Å². The number of thiazole rings is 1. The van der Waals surface area contributed by atoms with E-state index in [4.69, 9.17) is 5.73 Å². The van der Waals surface area contributed by atoms with Gasteiger partial charge in [-0.2, -0.15) is 5.10 Å². The van der Waals surface area contributed by atoms with Crippen molar-refractivity contribution in [1.82, 2.24) is 20.1 Å². The lowest BCUT2D eigenvalue weighted by Crippen LogP contribution is -2.30. The van der Waals surface area contributed by atoms with E-state index in [1.807, 2.05) is 0 Å². The van der Waals surface area contributed by atoms with Gasteiger partial charge in [-0.15, -0.1) is 11.3 Å². The zero-order valence-electron chi connectivity index (χ0n) is 10.4. The lowest BCUT2D eigenvalue weighted by molar-refractivity contribution is 0.102. The molecule has 3 N–H and O–H groups in total. The summed E-state index contributed by atoms with van der Waals surface area (Å²) in [5.74, 6) is 0.381. The summed E-state index contributed by atoms with van der Waals surface area (Å²) in [4.78, 5) is 16.2. The van der Waals surface area contributed by atoms with Crippen LogP contribution in [0, 0.1) is 0 Å². The quantitative estimate of drug-likeness (QED) is 0.820. The Bertz CT molecular complexity index is 571. The lowest BCUT2D eigenvalue weighted by atomic mass is 10.1. The number of anilines is 1. The standard InChI is InChI=1S/C12H15N5OS/c13-11-5-9(12(18)10-6-19-7-15-10)16-17(11)8-1-3-14-4-2-8/h5-8,14H,1-4,13H2. The van der Waals surface area contributed by atoms with Crippen molar-refractivity contribution < 1.29 is 4.79 Å². The van der Waals surface area contributed by atoms with E-state index < -0.39 is 0 Å². The van der Waals surface area contributed by atoms with Crippen LogP contribution in [0.15, 0.2) is 17.0 Å². The molecule has 0 bridgehead atoms. The van der Waals surface area contributed by atoms with Crippen LogP contribution in [0.25, 0.3) is 0 Å². The van der Waals surface area contributed by atoms with Gasteiger partial charge in [0.15, 0.2) is 0 Å². The number of nitrogens with two attached hydrogens (primary N) is 1. The number of nitrogen functional groups attached to an aromatic ring is 1. The molecule has 0 amide bonds. The fourth-order valence-electron chi connectivity index (χ4n) is 2.32. The molecule has 0 spiro atoms. The fourth-order valence-corrected chi connectivity index (χ4v) is 2.85. The van der Waals surface area contributed by atoms with E-state index in [1.165, 1.54) is 11.3 Å². The van der Waals surface area contributed by atoms with Crippen LogP contribution in [0.5, 0.6) is 0 Å². The molecule has 1 aliphatic heterocycles. The normalized spacial score (nSPS) is 16.6. The van der Waals surface area contributed by atoms with E-state index in [9.17, 15) is 4.79 Å². The third-order valence-corrected chi connectivity index (χ3v) is 3.90. The lowest BCUT2D eigenvalue weighted by Gasteiger charge is -2.23. The van der Waals surface area contributed by atoms with Gasteiger partial charge in [0.1, 0.15) is 17.2 Å². The van der Waals surface area contributed by atoms with Gasteiger partial charge in [-0.25, -0.2) is 9.67 Å². The number of nitrogens with zero attached hydrogens (tertiary/aromatic N) is 3. The summed E-state index contributed by atoms with van der Waals surface area (Å²) in [5.41, 5.74) is 8.42. The van der Waals surface area contributed by atoms with Gasteiger partial charge >= 0.3 is 0 Å². The summed E-state index contributed by atoms with van der Waals surface area (Å²) in [7, 11) is 0.